The third-order valence-electron chi connectivity index (χ3n) is 4.34. The van der Waals surface area contributed by atoms with E-state index in [4.69, 9.17) is 14.4 Å². The Morgan fingerprint density at radius 1 is 1.12 bits per heavy atom. The highest BCUT2D eigenvalue weighted by atomic mass is 32.2. The third-order valence-corrected chi connectivity index (χ3v) is 5.29. The van der Waals surface area contributed by atoms with Gasteiger partial charge in [-0.1, -0.05) is 12.1 Å². The normalized spacial score (nSPS) is 15.6. The molecule has 1 N–H and O–H groups in total. The van der Waals surface area contributed by atoms with Gasteiger partial charge < -0.3 is 9.73 Å². The molecule has 3 heterocycles. The summed E-state index contributed by atoms with van der Waals surface area (Å²) in [5, 5.41) is 4.47. The summed E-state index contributed by atoms with van der Waals surface area (Å²) >= 11 is 2.02. The monoisotopic (exact) mass is 354 g/mol. The number of benzene rings is 1. The minimum Gasteiger partial charge on any atom is -0.465 e. The molecule has 0 unspecified atom stereocenters. The first-order valence-electron chi connectivity index (χ1n) is 8.63. The lowest BCUT2D eigenvalue weighted by atomic mass is 10.2. The summed E-state index contributed by atoms with van der Waals surface area (Å²) in [6.45, 7) is 5.59. The van der Waals surface area contributed by atoms with E-state index in [1.165, 1.54) is 11.5 Å². The molecule has 3 aromatic rings. The minimum atomic E-state index is 0.620. The van der Waals surface area contributed by atoms with E-state index in [2.05, 4.69) is 22.3 Å². The van der Waals surface area contributed by atoms with Gasteiger partial charge in [-0.15, -0.1) is 0 Å². The van der Waals surface area contributed by atoms with Gasteiger partial charge in [0.25, 0.3) is 0 Å². The van der Waals surface area contributed by atoms with Gasteiger partial charge in [-0.3, -0.25) is 4.90 Å². The van der Waals surface area contributed by atoms with Crippen LogP contribution in [0.25, 0.3) is 10.9 Å². The van der Waals surface area contributed by atoms with Crippen LogP contribution in [0.5, 0.6) is 0 Å². The molecule has 1 fully saturated rings. The lowest BCUT2D eigenvalue weighted by Crippen LogP contribution is -2.32. The number of nitrogens with one attached hydrogen (secondary N) is 1. The number of fused-ring (bicyclic) bond motifs is 1. The summed E-state index contributed by atoms with van der Waals surface area (Å²) in [4.78, 5) is 12.0. The number of thioether (sulfide) groups is 1. The molecule has 0 atom stereocenters. The molecule has 0 aliphatic carbocycles. The molecule has 1 saturated heterocycles. The molecule has 130 valence electrons. The number of hydrogen-bond acceptors (Lipinski definition) is 6. The van der Waals surface area contributed by atoms with E-state index in [0.29, 0.717) is 6.54 Å². The van der Waals surface area contributed by atoms with Crippen LogP contribution in [0.15, 0.2) is 40.8 Å². The number of nitrogens with zero attached hydrogens (tertiary/aromatic N) is 3. The van der Waals surface area contributed by atoms with Crippen LogP contribution in [0.1, 0.15) is 17.3 Å². The van der Waals surface area contributed by atoms with E-state index in [0.717, 1.165) is 53.7 Å². The van der Waals surface area contributed by atoms with E-state index in [1.54, 1.807) is 0 Å². The predicted molar refractivity (Wildman–Crippen MR) is 103 cm³/mol. The molecule has 1 aromatic carbocycles. The zero-order valence-corrected chi connectivity index (χ0v) is 15.2. The molecule has 0 bridgehead atoms. The SMILES string of the molecule is Cc1ccc(CNc2nc(CN3CCSCC3)nc3ccccc23)o1. The van der Waals surface area contributed by atoms with Crippen molar-refractivity contribution in [2.24, 2.45) is 0 Å². The molecule has 0 saturated carbocycles. The molecule has 0 spiro atoms. The van der Waals surface area contributed by atoms with Gasteiger partial charge in [0.1, 0.15) is 23.2 Å². The Labute approximate surface area is 151 Å². The van der Waals surface area contributed by atoms with E-state index in [9.17, 15) is 0 Å². The minimum absolute atomic E-state index is 0.620. The number of para-hydroxylation sites is 1. The first-order valence-corrected chi connectivity index (χ1v) is 9.78. The summed E-state index contributed by atoms with van der Waals surface area (Å²) in [5.41, 5.74) is 0.983. The summed E-state index contributed by atoms with van der Waals surface area (Å²) in [7, 11) is 0. The molecule has 0 amide bonds. The molecule has 1 aliphatic rings. The van der Waals surface area contributed by atoms with Crippen LogP contribution in [0.4, 0.5) is 5.82 Å². The lowest BCUT2D eigenvalue weighted by Gasteiger charge is -2.25. The highest BCUT2D eigenvalue weighted by Gasteiger charge is 2.14. The number of furan rings is 1. The number of anilines is 1. The molecule has 25 heavy (non-hydrogen) atoms. The fraction of sp³-hybridized carbons (Fsp3) is 0.368. The van der Waals surface area contributed by atoms with E-state index in [1.807, 2.05) is 43.0 Å². The fourth-order valence-electron chi connectivity index (χ4n) is 3.04. The molecule has 6 heteroatoms. The molecule has 1 aliphatic heterocycles. The topological polar surface area (TPSA) is 54.2 Å². The molecular weight excluding hydrogens is 332 g/mol. The third kappa shape index (κ3) is 3.96. The lowest BCUT2D eigenvalue weighted by molar-refractivity contribution is 0.287. The van der Waals surface area contributed by atoms with Gasteiger partial charge in [0.2, 0.25) is 0 Å². The average molecular weight is 354 g/mol. The van der Waals surface area contributed by atoms with Gasteiger partial charge in [-0.05, 0) is 31.2 Å². The van der Waals surface area contributed by atoms with Crippen LogP contribution >= 0.6 is 11.8 Å². The van der Waals surface area contributed by atoms with Gasteiger partial charge in [-0.2, -0.15) is 11.8 Å². The second-order valence-corrected chi connectivity index (χ2v) is 7.48. The van der Waals surface area contributed by atoms with Crippen LogP contribution < -0.4 is 5.32 Å². The van der Waals surface area contributed by atoms with Crippen LogP contribution in [0.2, 0.25) is 0 Å². The Morgan fingerprint density at radius 2 is 1.96 bits per heavy atom. The predicted octanol–water partition coefficient (Wildman–Crippen LogP) is 3.69. The summed E-state index contributed by atoms with van der Waals surface area (Å²) < 4.78 is 5.65. The number of aryl methyl sites for hydroxylation is 1. The van der Waals surface area contributed by atoms with Crippen LogP contribution in [0, 0.1) is 6.92 Å². The maximum atomic E-state index is 5.65. The molecular formula is C19H22N4OS. The Balaban J connectivity index is 1.59. The van der Waals surface area contributed by atoms with Crippen molar-refractivity contribution in [3.05, 3.63) is 53.7 Å². The van der Waals surface area contributed by atoms with Crippen LogP contribution in [-0.2, 0) is 13.1 Å². The van der Waals surface area contributed by atoms with Crippen molar-refractivity contribution in [1.29, 1.82) is 0 Å². The maximum absolute atomic E-state index is 5.65. The van der Waals surface area contributed by atoms with Crippen molar-refractivity contribution in [3.63, 3.8) is 0 Å². The van der Waals surface area contributed by atoms with Crippen molar-refractivity contribution in [2.45, 2.75) is 20.0 Å². The largest absolute Gasteiger partial charge is 0.465 e. The van der Waals surface area contributed by atoms with E-state index >= 15 is 0 Å². The van der Waals surface area contributed by atoms with Crippen LogP contribution in [0.3, 0.4) is 0 Å². The summed E-state index contributed by atoms with van der Waals surface area (Å²) in [6.07, 6.45) is 0. The molecule has 5 nitrogen and oxygen atoms in total. The van der Waals surface area contributed by atoms with Crippen molar-refractivity contribution >= 4 is 28.5 Å². The van der Waals surface area contributed by atoms with Crippen molar-refractivity contribution in [1.82, 2.24) is 14.9 Å². The van der Waals surface area contributed by atoms with Crippen molar-refractivity contribution in [2.75, 3.05) is 29.9 Å². The first-order chi connectivity index (χ1) is 12.3. The van der Waals surface area contributed by atoms with Crippen molar-refractivity contribution < 1.29 is 4.42 Å². The van der Waals surface area contributed by atoms with Crippen molar-refractivity contribution in [3.8, 4) is 0 Å². The van der Waals surface area contributed by atoms with E-state index in [-0.39, 0.29) is 0 Å². The second kappa shape index (κ2) is 7.45. The molecule has 0 radical (unpaired) electrons. The zero-order valence-electron chi connectivity index (χ0n) is 14.4. The van der Waals surface area contributed by atoms with Crippen LogP contribution in [-0.4, -0.2) is 39.5 Å². The summed E-state index contributed by atoms with van der Waals surface area (Å²) in [5.74, 6) is 5.97. The van der Waals surface area contributed by atoms with Gasteiger partial charge >= 0.3 is 0 Å². The average Bonchev–Trinajstić information content (AvgIpc) is 3.06. The highest BCUT2D eigenvalue weighted by Crippen LogP contribution is 2.22. The highest BCUT2D eigenvalue weighted by molar-refractivity contribution is 7.99. The van der Waals surface area contributed by atoms with Gasteiger partial charge in [-0.25, -0.2) is 9.97 Å². The van der Waals surface area contributed by atoms with Gasteiger partial charge in [0.15, 0.2) is 0 Å². The van der Waals surface area contributed by atoms with Gasteiger partial charge in [0.05, 0.1) is 18.6 Å². The standard InChI is InChI=1S/C19H22N4OS/c1-14-6-7-15(24-14)12-20-19-16-4-2-3-5-17(16)21-18(22-19)13-23-8-10-25-11-9-23/h2-7H,8-13H2,1H3,(H,20,21,22). The fourth-order valence-corrected chi connectivity index (χ4v) is 4.02. The number of hydrogen-bond donors (Lipinski definition) is 1. The number of rotatable bonds is 5. The molecule has 2 aromatic heterocycles. The second-order valence-electron chi connectivity index (χ2n) is 6.26. The summed E-state index contributed by atoms with van der Waals surface area (Å²) in [6, 6.07) is 12.1. The van der Waals surface area contributed by atoms with E-state index < -0.39 is 0 Å². The smallest absolute Gasteiger partial charge is 0.145 e. The Hall–Kier alpha value is -2.05. The maximum Gasteiger partial charge on any atom is 0.145 e. The zero-order chi connectivity index (χ0) is 17.1. The Morgan fingerprint density at radius 3 is 2.76 bits per heavy atom. The number of aromatic nitrogens is 2. The first kappa shape index (κ1) is 16.4. The quantitative estimate of drug-likeness (QED) is 0.754. The Kier molecular flexibility index (Phi) is 4.90. The molecule has 4 rings (SSSR count). The van der Waals surface area contributed by atoms with Gasteiger partial charge in [0, 0.05) is 30.0 Å². The Bertz CT molecular complexity index is 858.